The van der Waals surface area contributed by atoms with Crippen LogP contribution in [0.4, 0.5) is 0 Å². The molecule has 0 N–H and O–H groups in total. The van der Waals surface area contributed by atoms with Crippen LogP contribution in [-0.2, 0) is 11.2 Å². The molecule has 0 aliphatic carbocycles. The summed E-state index contributed by atoms with van der Waals surface area (Å²) in [6, 6.07) is 8.28. The predicted molar refractivity (Wildman–Crippen MR) is 64.0 cm³/mol. The van der Waals surface area contributed by atoms with Crippen molar-refractivity contribution < 1.29 is 4.79 Å². The van der Waals surface area contributed by atoms with Crippen LogP contribution in [0.1, 0.15) is 37.8 Å². The highest BCUT2D eigenvalue weighted by molar-refractivity contribution is 5.78. The van der Waals surface area contributed by atoms with Crippen LogP contribution in [0.15, 0.2) is 24.3 Å². The molecule has 15 heavy (non-hydrogen) atoms. The molecule has 1 rings (SSSR count). The molecule has 1 heteroatoms. The predicted octanol–water partition coefficient (Wildman–Crippen LogP) is 3.54. The maximum absolute atomic E-state index is 11.5. The summed E-state index contributed by atoms with van der Waals surface area (Å²) >= 11 is 0. The van der Waals surface area contributed by atoms with E-state index in [0.29, 0.717) is 24.5 Å². The van der Waals surface area contributed by atoms with Gasteiger partial charge in [0.1, 0.15) is 5.78 Å². The normalized spacial score (nSPS) is 10.7. The minimum Gasteiger partial charge on any atom is -0.300 e. The molecule has 0 saturated heterocycles. The van der Waals surface area contributed by atoms with Gasteiger partial charge in [-0.3, -0.25) is 4.79 Å². The van der Waals surface area contributed by atoms with E-state index >= 15 is 0 Å². The fraction of sp³-hybridized carbons (Fsp3) is 0.500. The molecular weight excluding hydrogens is 184 g/mol. The lowest BCUT2D eigenvalue weighted by Crippen LogP contribution is -2.04. The molecule has 0 bridgehead atoms. The first-order valence-electron chi connectivity index (χ1n) is 5.66. The molecule has 0 atom stereocenters. The standard InChI is InChI=1S/C14H20O/c1-11(2)10-14(15)9-8-13-7-5-4-6-12(13)3/h4-7,11H,8-10H2,1-3H3. The van der Waals surface area contributed by atoms with E-state index < -0.39 is 0 Å². The topological polar surface area (TPSA) is 17.1 Å². The Labute approximate surface area is 92.5 Å². The Hall–Kier alpha value is -1.11. The zero-order chi connectivity index (χ0) is 11.3. The van der Waals surface area contributed by atoms with Gasteiger partial charge in [-0.15, -0.1) is 0 Å². The van der Waals surface area contributed by atoms with Crippen molar-refractivity contribution in [2.45, 2.75) is 40.0 Å². The van der Waals surface area contributed by atoms with Gasteiger partial charge < -0.3 is 0 Å². The van der Waals surface area contributed by atoms with E-state index in [2.05, 4.69) is 32.9 Å². The SMILES string of the molecule is Cc1ccccc1CCC(=O)CC(C)C. The van der Waals surface area contributed by atoms with Crippen molar-refractivity contribution >= 4 is 5.78 Å². The Morgan fingerprint density at radius 2 is 1.93 bits per heavy atom. The first-order chi connectivity index (χ1) is 7.09. The van der Waals surface area contributed by atoms with Gasteiger partial charge in [-0.25, -0.2) is 0 Å². The molecule has 1 aromatic carbocycles. The summed E-state index contributed by atoms with van der Waals surface area (Å²) < 4.78 is 0. The molecule has 0 aliphatic heterocycles. The summed E-state index contributed by atoms with van der Waals surface area (Å²) in [5, 5.41) is 0. The maximum atomic E-state index is 11.5. The van der Waals surface area contributed by atoms with Gasteiger partial charge in [0.2, 0.25) is 0 Å². The van der Waals surface area contributed by atoms with Gasteiger partial charge >= 0.3 is 0 Å². The molecule has 1 aromatic rings. The summed E-state index contributed by atoms with van der Waals surface area (Å²) in [5.74, 6) is 0.864. The van der Waals surface area contributed by atoms with E-state index in [4.69, 9.17) is 0 Å². The smallest absolute Gasteiger partial charge is 0.133 e. The maximum Gasteiger partial charge on any atom is 0.133 e. The van der Waals surface area contributed by atoms with Crippen LogP contribution in [0, 0.1) is 12.8 Å². The highest BCUT2D eigenvalue weighted by Gasteiger charge is 2.06. The van der Waals surface area contributed by atoms with Gasteiger partial charge in [0.15, 0.2) is 0 Å². The molecule has 0 aromatic heterocycles. The fourth-order valence-electron chi connectivity index (χ4n) is 1.72. The summed E-state index contributed by atoms with van der Waals surface area (Å²) in [6.45, 7) is 6.28. The Balaban J connectivity index is 2.44. The lowest BCUT2D eigenvalue weighted by atomic mass is 9.99. The van der Waals surface area contributed by atoms with Crippen LogP contribution < -0.4 is 0 Å². The van der Waals surface area contributed by atoms with E-state index in [-0.39, 0.29) is 0 Å². The van der Waals surface area contributed by atoms with Crippen LogP contribution in [0.5, 0.6) is 0 Å². The molecule has 82 valence electrons. The third-order valence-electron chi connectivity index (χ3n) is 2.57. The van der Waals surface area contributed by atoms with Gasteiger partial charge in [0.25, 0.3) is 0 Å². The van der Waals surface area contributed by atoms with Gasteiger partial charge in [0.05, 0.1) is 0 Å². The average Bonchev–Trinajstić information content (AvgIpc) is 2.15. The minimum atomic E-state index is 0.383. The van der Waals surface area contributed by atoms with E-state index in [0.717, 1.165) is 6.42 Å². The highest BCUT2D eigenvalue weighted by atomic mass is 16.1. The van der Waals surface area contributed by atoms with Crippen LogP contribution in [0.3, 0.4) is 0 Å². The van der Waals surface area contributed by atoms with Crippen LogP contribution in [0.2, 0.25) is 0 Å². The third kappa shape index (κ3) is 4.28. The summed E-state index contributed by atoms with van der Waals surface area (Å²) in [6.07, 6.45) is 2.28. The van der Waals surface area contributed by atoms with Crippen LogP contribution in [0.25, 0.3) is 0 Å². The van der Waals surface area contributed by atoms with Crippen molar-refractivity contribution in [2.24, 2.45) is 5.92 Å². The van der Waals surface area contributed by atoms with E-state index in [1.165, 1.54) is 11.1 Å². The summed E-state index contributed by atoms with van der Waals surface area (Å²) in [5.41, 5.74) is 2.59. The van der Waals surface area contributed by atoms with Crippen molar-refractivity contribution in [1.82, 2.24) is 0 Å². The number of benzene rings is 1. The largest absolute Gasteiger partial charge is 0.300 e. The second-order valence-electron chi connectivity index (χ2n) is 4.56. The van der Waals surface area contributed by atoms with E-state index in [1.54, 1.807) is 0 Å². The molecule has 0 saturated carbocycles. The first kappa shape index (κ1) is 12.0. The Kier molecular flexibility index (Phi) is 4.54. The minimum absolute atomic E-state index is 0.383. The van der Waals surface area contributed by atoms with Crippen molar-refractivity contribution in [3.63, 3.8) is 0 Å². The van der Waals surface area contributed by atoms with Gasteiger partial charge in [-0.1, -0.05) is 38.1 Å². The molecule has 0 fully saturated rings. The van der Waals surface area contributed by atoms with Crippen molar-refractivity contribution in [2.75, 3.05) is 0 Å². The number of hydrogen-bond donors (Lipinski definition) is 0. The number of carbonyl (C=O) groups is 1. The Morgan fingerprint density at radius 3 is 2.53 bits per heavy atom. The Bertz CT molecular complexity index is 326. The molecule has 0 aliphatic rings. The number of hydrogen-bond acceptors (Lipinski definition) is 1. The molecule has 0 spiro atoms. The second kappa shape index (κ2) is 5.69. The highest BCUT2D eigenvalue weighted by Crippen LogP contribution is 2.11. The lowest BCUT2D eigenvalue weighted by molar-refractivity contribution is -0.119. The second-order valence-corrected chi connectivity index (χ2v) is 4.56. The number of aryl methyl sites for hydroxylation is 2. The molecule has 0 unspecified atom stereocenters. The first-order valence-corrected chi connectivity index (χ1v) is 5.66. The zero-order valence-electron chi connectivity index (χ0n) is 9.92. The molecule has 0 amide bonds. The van der Waals surface area contributed by atoms with Crippen LogP contribution in [-0.4, -0.2) is 5.78 Å². The van der Waals surface area contributed by atoms with Crippen molar-refractivity contribution in [3.05, 3.63) is 35.4 Å². The summed E-state index contributed by atoms with van der Waals surface area (Å²) in [7, 11) is 0. The molecule has 0 radical (unpaired) electrons. The van der Waals surface area contributed by atoms with E-state index in [1.807, 2.05) is 12.1 Å². The zero-order valence-corrected chi connectivity index (χ0v) is 9.92. The molecule has 1 nitrogen and oxygen atoms in total. The molecular formula is C14H20O. The fourth-order valence-corrected chi connectivity index (χ4v) is 1.72. The quantitative estimate of drug-likeness (QED) is 0.717. The van der Waals surface area contributed by atoms with Crippen molar-refractivity contribution in [1.29, 1.82) is 0 Å². The Morgan fingerprint density at radius 1 is 1.27 bits per heavy atom. The number of ketones is 1. The number of rotatable bonds is 5. The van der Waals surface area contributed by atoms with Crippen molar-refractivity contribution in [3.8, 4) is 0 Å². The monoisotopic (exact) mass is 204 g/mol. The van der Waals surface area contributed by atoms with Gasteiger partial charge in [0, 0.05) is 12.8 Å². The summed E-state index contributed by atoms with van der Waals surface area (Å²) in [4.78, 5) is 11.5. The third-order valence-corrected chi connectivity index (χ3v) is 2.57. The molecule has 0 heterocycles. The number of Topliss-reactive ketones (excluding diaryl/α,β-unsaturated/α-hetero) is 1. The van der Waals surface area contributed by atoms with Gasteiger partial charge in [-0.2, -0.15) is 0 Å². The average molecular weight is 204 g/mol. The van der Waals surface area contributed by atoms with E-state index in [9.17, 15) is 4.79 Å². The van der Waals surface area contributed by atoms with Crippen LogP contribution >= 0.6 is 0 Å². The lowest BCUT2D eigenvalue weighted by Gasteiger charge is -2.06. The van der Waals surface area contributed by atoms with Gasteiger partial charge in [-0.05, 0) is 30.4 Å². The number of carbonyl (C=O) groups excluding carboxylic acids is 1.